The monoisotopic (exact) mass is 434 g/mol. The SMILES string of the molecule is COC(=O)N1CCNc2nc(-c3nn(Cc4ccccc4F)c4ncccc34)nc(N)c21. The highest BCUT2D eigenvalue weighted by Gasteiger charge is 2.29. The fourth-order valence-corrected chi connectivity index (χ4v) is 3.73. The molecule has 5 rings (SSSR count). The van der Waals surface area contributed by atoms with Crippen LogP contribution in [0.25, 0.3) is 22.6 Å². The number of hydrogen-bond acceptors (Lipinski definition) is 8. The minimum atomic E-state index is -0.542. The van der Waals surface area contributed by atoms with E-state index in [9.17, 15) is 9.18 Å². The van der Waals surface area contributed by atoms with E-state index in [1.807, 2.05) is 6.07 Å². The molecule has 0 atom stereocenters. The molecule has 0 unspecified atom stereocenters. The number of pyridine rings is 1. The van der Waals surface area contributed by atoms with E-state index in [0.29, 0.717) is 46.9 Å². The molecule has 1 aromatic carbocycles. The third-order valence-corrected chi connectivity index (χ3v) is 5.20. The van der Waals surface area contributed by atoms with Gasteiger partial charge in [-0.2, -0.15) is 5.10 Å². The Kier molecular flexibility index (Phi) is 4.77. The number of ether oxygens (including phenoxy) is 1. The fourth-order valence-electron chi connectivity index (χ4n) is 3.73. The summed E-state index contributed by atoms with van der Waals surface area (Å²) in [6.07, 6.45) is 1.10. The van der Waals surface area contributed by atoms with Crippen molar-refractivity contribution >= 4 is 34.4 Å². The molecule has 0 aliphatic carbocycles. The van der Waals surface area contributed by atoms with E-state index in [0.717, 1.165) is 0 Å². The minimum absolute atomic E-state index is 0.114. The van der Waals surface area contributed by atoms with Crippen LogP contribution in [0.2, 0.25) is 0 Å². The second kappa shape index (κ2) is 7.76. The zero-order valence-corrected chi connectivity index (χ0v) is 17.1. The standard InChI is InChI=1S/C21H19FN8O2/c1-32-21(31)29-10-9-24-19-16(29)17(23)26-18(27-19)15-13-6-4-8-25-20(13)30(28-15)11-12-5-2-3-7-14(12)22/h2-8H,9-11H2,1H3,(H3,23,24,26,27). The van der Waals surface area contributed by atoms with E-state index in [1.165, 1.54) is 18.1 Å². The number of carbonyl (C=O) groups excluding carboxylic acids is 1. The quantitative estimate of drug-likeness (QED) is 0.504. The van der Waals surface area contributed by atoms with Gasteiger partial charge >= 0.3 is 6.09 Å². The van der Waals surface area contributed by atoms with Gasteiger partial charge in [0.1, 0.15) is 17.2 Å². The molecular weight excluding hydrogens is 415 g/mol. The zero-order chi connectivity index (χ0) is 22.2. The lowest BCUT2D eigenvalue weighted by Gasteiger charge is -2.29. The molecule has 0 bridgehead atoms. The highest BCUT2D eigenvalue weighted by molar-refractivity contribution is 5.97. The predicted octanol–water partition coefficient (Wildman–Crippen LogP) is 2.66. The molecule has 11 heteroatoms. The number of nitrogen functional groups attached to an aromatic ring is 1. The van der Waals surface area contributed by atoms with Crippen LogP contribution in [-0.2, 0) is 11.3 Å². The number of amides is 1. The van der Waals surface area contributed by atoms with Gasteiger partial charge in [0.2, 0.25) is 0 Å². The largest absolute Gasteiger partial charge is 0.452 e. The number of methoxy groups -OCH3 is 1. The average Bonchev–Trinajstić information content (AvgIpc) is 3.18. The number of nitrogens with zero attached hydrogens (tertiary/aromatic N) is 6. The van der Waals surface area contributed by atoms with Crippen LogP contribution in [0.4, 0.5) is 26.5 Å². The molecule has 3 aromatic heterocycles. The minimum Gasteiger partial charge on any atom is -0.452 e. The molecule has 162 valence electrons. The maximum absolute atomic E-state index is 14.2. The first-order valence-corrected chi connectivity index (χ1v) is 9.89. The molecule has 3 N–H and O–H groups in total. The summed E-state index contributed by atoms with van der Waals surface area (Å²) in [5.74, 6) is 0.467. The number of benzene rings is 1. The van der Waals surface area contributed by atoms with Crippen LogP contribution in [-0.4, -0.2) is 51.0 Å². The summed E-state index contributed by atoms with van der Waals surface area (Å²) in [6, 6.07) is 10.1. The molecule has 0 spiro atoms. The molecule has 1 aliphatic heterocycles. The van der Waals surface area contributed by atoms with Gasteiger partial charge in [0.15, 0.2) is 23.1 Å². The van der Waals surface area contributed by atoms with Gasteiger partial charge in [0, 0.05) is 24.8 Å². The summed E-state index contributed by atoms with van der Waals surface area (Å²) in [5.41, 5.74) is 8.08. The van der Waals surface area contributed by atoms with Crippen LogP contribution in [0.1, 0.15) is 5.56 Å². The second-order valence-electron chi connectivity index (χ2n) is 7.15. The summed E-state index contributed by atoms with van der Waals surface area (Å²) in [4.78, 5) is 26.9. The second-order valence-corrected chi connectivity index (χ2v) is 7.15. The number of carbonyl (C=O) groups is 1. The van der Waals surface area contributed by atoms with Crippen molar-refractivity contribution in [3.63, 3.8) is 0 Å². The molecule has 32 heavy (non-hydrogen) atoms. The molecule has 1 amide bonds. The Balaban J connectivity index is 1.62. The Morgan fingerprint density at radius 1 is 1.25 bits per heavy atom. The first-order chi connectivity index (χ1) is 15.6. The topological polar surface area (TPSA) is 124 Å². The van der Waals surface area contributed by atoms with Gasteiger partial charge in [0.25, 0.3) is 0 Å². The first kappa shape index (κ1) is 19.7. The number of aromatic nitrogens is 5. The van der Waals surface area contributed by atoms with Crippen molar-refractivity contribution in [2.24, 2.45) is 0 Å². The van der Waals surface area contributed by atoms with Gasteiger partial charge in [-0.05, 0) is 18.2 Å². The van der Waals surface area contributed by atoms with Gasteiger partial charge in [-0.3, -0.25) is 4.90 Å². The Morgan fingerprint density at radius 2 is 2.09 bits per heavy atom. The predicted molar refractivity (Wildman–Crippen MR) is 117 cm³/mol. The normalized spacial score (nSPS) is 13.0. The number of halogens is 1. The molecule has 4 heterocycles. The average molecular weight is 434 g/mol. The van der Waals surface area contributed by atoms with E-state index >= 15 is 0 Å². The summed E-state index contributed by atoms with van der Waals surface area (Å²) in [5, 5.41) is 8.47. The van der Waals surface area contributed by atoms with Gasteiger partial charge in [-0.25, -0.2) is 28.8 Å². The van der Waals surface area contributed by atoms with E-state index in [2.05, 4.69) is 25.4 Å². The summed E-state index contributed by atoms with van der Waals surface area (Å²) in [7, 11) is 1.30. The molecule has 0 saturated carbocycles. The Morgan fingerprint density at radius 3 is 2.91 bits per heavy atom. The third-order valence-electron chi connectivity index (χ3n) is 5.20. The number of hydrogen-bond donors (Lipinski definition) is 2. The lowest BCUT2D eigenvalue weighted by molar-refractivity contribution is 0.178. The van der Waals surface area contributed by atoms with Crippen LogP contribution in [0.5, 0.6) is 0 Å². The number of anilines is 3. The van der Waals surface area contributed by atoms with Gasteiger partial charge in [0.05, 0.1) is 19.0 Å². The highest BCUT2D eigenvalue weighted by atomic mass is 19.1. The van der Waals surface area contributed by atoms with Crippen molar-refractivity contribution < 1.29 is 13.9 Å². The summed E-state index contributed by atoms with van der Waals surface area (Å²) < 4.78 is 20.7. The molecular formula is C21H19FN8O2. The first-order valence-electron chi connectivity index (χ1n) is 9.89. The van der Waals surface area contributed by atoms with Crippen LogP contribution < -0.4 is 16.0 Å². The molecule has 4 aromatic rings. The zero-order valence-electron chi connectivity index (χ0n) is 17.1. The number of nitrogens with one attached hydrogen (secondary N) is 1. The molecule has 10 nitrogen and oxygen atoms in total. The third kappa shape index (κ3) is 3.23. The van der Waals surface area contributed by atoms with E-state index in [1.54, 1.807) is 35.1 Å². The Hall–Kier alpha value is -4.28. The molecule has 0 radical (unpaired) electrons. The number of nitrogens with two attached hydrogens (primary N) is 1. The smallest absolute Gasteiger partial charge is 0.414 e. The van der Waals surface area contributed by atoms with Crippen molar-refractivity contribution in [3.8, 4) is 11.5 Å². The van der Waals surface area contributed by atoms with Crippen LogP contribution in [0, 0.1) is 5.82 Å². The summed E-state index contributed by atoms with van der Waals surface area (Å²) >= 11 is 0. The van der Waals surface area contributed by atoms with Crippen molar-refractivity contribution in [1.29, 1.82) is 0 Å². The van der Waals surface area contributed by atoms with E-state index in [-0.39, 0.29) is 24.0 Å². The fraction of sp³-hybridized carbons (Fsp3) is 0.190. The lowest BCUT2D eigenvalue weighted by atomic mass is 10.2. The van der Waals surface area contributed by atoms with E-state index < -0.39 is 6.09 Å². The lowest BCUT2D eigenvalue weighted by Crippen LogP contribution is -2.40. The van der Waals surface area contributed by atoms with Crippen molar-refractivity contribution in [2.75, 3.05) is 36.1 Å². The number of fused-ring (bicyclic) bond motifs is 2. The highest BCUT2D eigenvalue weighted by Crippen LogP contribution is 2.35. The van der Waals surface area contributed by atoms with Gasteiger partial charge in [-0.1, -0.05) is 18.2 Å². The van der Waals surface area contributed by atoms with Gasteiger partial charge in [-0.15, -0.1) is 0 Å². The molecule has 0 fully saturated rings. The molecule has 1 aliphatic rings. The van der Waals surface area contributed by atoms with E-state index in [4.69, 9.17) is 10.5 Å². The summed E-state index contributed by atoms with van der Waals surface area (Å²) in [6.45, 7) is 1.04. The van der Waals surface area contributed by atoms with Gasteiger partial charge < -0.3 is 15.8 Å². The maximum atomic E-state index is 14.2. The maximum Gasteiger partial charge on any atom is 0.414 e. The van der Waals surface area contributed by atoms with Crippen LogP contribution >= 0.6 is 0 Å². The molecule has 0 saturated heterocycles. The van der Waals surface area contributed by atoms with Crippen molar-refractivity contribution in [3.05, 3.63) is 54.0 Å². The van der Waals surface area contributed by atoms with Crippen molar-refractivity contribution in [1.82, 2.24) is 24.7 Å². The Bertz CT molecular complexity index is 1340. The number of rotatable bonds is 3. The van der Waals surface area contributed by atoms with Crippen LogP contribution in [0.3, 0.4) is 0 Å². The Labute approximate surface area is 181 Å². The van der Waals surface area contributed by atoms with Crippen LogP contribution in [0.15, 0.2) is 42.6 Å². The van der Waals surface area contributed by atoms with Crippen molar-refractivity contribution in [2.45, 2.75) is 6.54 Å².